The zero-order valence-electron chi connectivity index (χ0n) is 20.4. The summed E-state index contributed by atoms with van der Waals surface area (Å²) in [7, 11) is -1.59. The molecule has 1 aromatic carbocycles. The van der Waals surface area contributed by atoms with Crippen LogP contribution in [0.1, 0.15) is 41.9 Å². The molecule has 14 nitrogen and oxygen atoms in total. The van der Waals surface area contributed by atoms with E-state index in [4.69, 9.17) is 32.8 Å². The number of aromatic nitrogens is 2. The van der Waals surface area contributed by atoms with Crippen molar-refractivity contribution in [1.29, 1.82) is 0 Å². The number of hydrogen-bond donors (Lipinski definition) is 6. The Morgan fingerprint density at radius 1 is 1.22 bits per heavy atom. The number of aliphatic imine (C=N–C) groups is 1. The van der Waals surface area contributed by atoms with Gasteiger partial charge in [-0.05, 0) is 31.9 Å². The maximum Gasteiger partial charge on any atom is 0.394 e. The van der Waals surface area contributed by atoms with Crippen LogP contribution in [-0.4, -0.2) is 78.8 Å². The average Bonchev–Trinajstić information content (AvgIpc) is 2.79. The van der Waals surface area contributed by atoms with Crippen LogP contribution in [0.4, 0.5) is 5.82 Å². The number of rotatable bonds is 8. The zero-order chi connectivity index (χ0) is 26.7. The Labute approximate surface area is 209 Å². The number of methoxy groups -OCH3 is 1. The molecule has 0 saturated heterocycles. The summed E-state index contributed by atoms with van der Waals surface area (Å²) in [6.45, 7) is 2.82. The molecule has 1 aliphatic carbocycles. The lowest BCUT2D eigenvalue weighted by Crippen LogP contribution is -2.40. The molecule has 3 rings (SSSR count). The lowest BCUT2D eigenvalue weighted by Gasteiger charge is -2.30. The topological polar surface area (TPSA) is 210 Å². The summed E-state index contributed by atoms with van der Waals surface area (Å²) < 4.78 is 36.6. The molecule has 15 heteroatoms. The molecule has 200 valence electrons. The van der Waals surface area contributed by atoms with Crippen LogP contribution in [-0.2, 0) is 20.0 Å². The van der Waals surface area contributed by atoms with Crippen molar-refractivity contribution in [2.24, 2.45) is 10.7 Å². The second kappa shape index (κ2) is 13.8. The van der Waals surface area contributed by atoms with Gasteiger partial charge in [-0.3, -0.25) is 18.7 Å². The van der Waals surface area contributed by atoms with Gasteiger partial charge in [-0.2, -0.15) is 8.42 Å². The van der Waals surface area contributed by atoms with E-state index in [1.54, 1.807) is 7.11 Å². The predicted octanol–water partition coefficient (Wildman–Crippen LogP) is 0.850. The maximum absolute atomic E-state index is 12.6. The summed E-state index contributed by atoms with van der Waals surface area (Å²) in [5.41, 5.74) is 10.3. The number of guanidine groups is 1. The van der Waals surface area contributed by atoms with E-state index in [0.717, 1.165) is 36.6 Å². The first kappa shape index (κ1) is 29.1. The number of anilines is 1. The number of amides is 1. The summed E-state index contributed by atoms with van der Waals surface area (Å²) in [4.78, 5) is 31.0. The Morgan fingerprint density at radius 2 is 1.92 bits per heavy atom. The Balaban J connectivity index is 0.000000830. The van der Waals surface area contributed by atoms with E-state index in [0.29, 0.717) is 24.5 Å². The van der Waals surface area contributed by atoms with E-state index in [-0.39, 0.29) is 29.8 Å². The summed E-state index contributed by atoms with van der Waals surface area (Å²) in [5, 5.41) is 7.17. The van der Waals surface area contributed by atoms with Gasteiger partial charge in [0.2, 0.25) is 11.8 Å². The van der Waals surface area contributed by atoms with E-state index >= 15 is 0 Å². The Bertz CT molecular complexity index is 1150. The molecule has 2 aromatic rings. The molecule has 0 radical (unpaired) electrons. The van der Waals surface area contributed by atoms with E-state index < -0.39 is 10.4 Å². The molecule has 1 heterocycles. The molecule has 0 spiro atoms. The van der Waals surface area contributed by atoms with Gasteiger partial charge >= 0.3 is 10.4 Å². The second-order valence-electron chi connectivity index (χ2n) is 8.04. The third kappa shape index (κ3) is 9.87. The van der Waals surface area contributed by atoms with E-state index in [1.165, 1.54) is 7.11 Å². The first-order valence-electron chi connectivity index (χ1n) is 11.2. The van der Waals surface area contributed by atoms with Crippen LogP contribution in [0.15, 0.2) is 23.2 Å². The summed E-state index contributed by atoms with van der Waals surface area (Å²) >= 11 is 0. The molecule has 0 aliphatic heterocycles. The fraction of sp³-hybridized carbons (Fsp3) is 0.524. The van der Waals surface area contributed by atoms with Crippen molar-refractivity contribution in [2.45, 2.75) is 44.7 Å². The third-order valence-electron chi connectivity index (χ3n) is 5.21. The minimum absolute atomic E-state index is 0.0222. The number of carbonyl (C=O) groups excluding carboxylic acids is 1. The monoisotopic (exact) mass is 527 g/mol. The highest BCUT2D eigenvalue weighted by Gasteiger charge is 2.26. The van der Waals surface area contributed by atoms with Crippen LogP contribution in [0.2, 0.25) is 0 Å². The Morgan fingerprint density at radius 3 is 2.58 bits per heavy atom. The number of hydrogen-bond acceptors (Lipinski definition) is 9. The number of hydroxylamine groups is 1. The van der Waals surface area contributed by atoms with Crippen LogP contribution in [0.3, 0.4) is 0 Å². The molecule has 0 unspecified atom stereocenters. The zero-order valence-corrected chi connectivity index (χ0v) is 21.2. The van der Waals surface area contributed by atoms with Crippen molar-refractivity contribution in [1.82, 2.24) is 20.8 Å². The molecule has 7 N–H and O–H groups in total. The Hall–Kier alpha value is -3.11. The number of fused-ring (bicyclic) bond motifs is 1. The van der Waals surface area contributed by atoms with Crippen molar-refractivity contribution in [3.8, 4) is 0 Å². The quantitative estimate of drug-likeness (QED) is 0.0927. The highest BCUT2D eigenvalue weighted by molar-refractivity contribution is 7.79. The number of benzene rings is 1. The number of nitrogens with two attached hydrogens (primary N) is 1. The summed E-state index contributed by atoms with van der Waals surface area (Å²) in [5.74, 6) is 0.638. The molecule has 1 fully saturated rings. The van der Waals surface area contributed by atoms with E-state index in [9.17, 15) is 4.79 Å². The predicted molar refractivity (Wildman–Crippen MR) is 134 cm³/mol. The van der Waals surface area contributed by atoms with Crippen LogP contribution in [0.5, 0.6) is 0 Å². The number of nitrogens with zero attached hydrogens (tertiary/aromatic N) is 3. The van der Waals surface area contributed by atoms with Gasteiger partial charge in [-0.1, -0.05) is 24.5 Å². The molecular weight excluding hydrogens is 494 g/mol. The average molecular weight is 528 g/mol. The SMILES string of the molecule is COCCNC(=O)c1nc(N[C@H]2CCCC[C@H]2N=C(N)NOC)c2cc(C)ccc2n1.O=S(=O)(O)O. The molecular formula is C21H33N7O7S. The third-order valence-corrected chi connectivity index (χ3v) is 5.21. The van der Waals surface area contributed by atoms with Gasteiger partial charge in [0.25, 0.3) is 5.91 Å². The minimum atomic E-state index is -4.67. The first-order valence-corrected chi connectivity index (χ1v) is 12.6. The van der Waals surface area contributed by atoms with E-state index in [2.05, 4.69) is 31.1 Å². The number of ether oxygens (including phenoxy) is 1. The molecule has 0 bridgehead atoms. The molecule has 1 amide bonds. The van der Waals surface area contributed by atoms with Crippen LogP contribution in [0.25, 0.3) is 10.9 Å². The van der Waals surface area contributed by atoms with Gasteiger partial charge in [0, 0.05) is 19.0 Å². The van der Waals surface area contributed by atoms with Gasteiger partial charge < -0.3 is 21.1 Å². The lowest BCUT2D eigenvalue weighted by molar-refractivity contribution is 0.0927. The molecule has 1 aliphatic rings. The van der Waals surface area contributed by atoms with Crippen molar-refractivity contribution in [3.63, 3.8) is 0 Å². The van der Waals surface area contributed by atoms with Gasteiger partial charge in [0.1, 0.15) is 5.82 Å². The van der Waals surface area contributed by atoms with Gasteiger partial charge in [-0.15, -0.1) is 0 Å². The summed E-state index contributed by atoms with van der Waals surface area (Å²) in [6.07, 6.45) is 3.97. The number of aryl methyl sites for hydroxylation is 1. The fourth-order valence-corrected chi connectivity index (χ4v) is 3.72. The highest BCUT2D eigenvalue weighted by Crippen LogP contribution is 2.28. The van der Waals surface area contributed by atoms with Gasteiger partial charge in [-0.25, -0.2) is 20.4 Å². The standard InChI is InChI=1S/C21H31N7O3.H2O4S/c1-13-8-9-15-14(12-13)18(27-19(24-15)20(29)23-10-11-30-2)25-16-6-4-5-7-17(16)26-21(22)28-31-3;1-5(2,3)4/h8-9,12,16-17H,4-7,10-11H2,1-3H3,(H,23,29)(H3,22,26,28)(H,24,25,27);(H2,1,2,3,4)/t16-,17+;/m0./s1. The van der Waals surface area contributed by atoms with Gasteiger partial charge in [0.05, 0.1) is 31.3 Å². The molecule has 1 aromatic heterocycles. The second-order valence-corrected chi connectivity index (χ2v) is 8.93. The van der Waals surface area contributed by atoms with Crippen molar-refractivity contribution >= 4 is 39.0 Å². The highest BCUT2D eigenvalue weighted by atomic mass is 32.3. The smallest absolute Gasteiger partial charge is 0.383 e. The van der Waals surface area contributed by atoms with Crippen molar-refractivity contribution in [2.75, 3.05) is 32.7 Å². The van der Waals surface area contributed by atoms with Crippen LogP contribution >= 0.6 is 0 Å². The lowest BCUT2D eigenvalue weighted by atomic mass is 9.90. The van der Waals surface area contributed by atoms with Crippen LogP contribution < -0.4 is 21.8 Å². The fourth-order valence-electron chi connectivity index (χ4n) is 3.72. The number of nitrogens with one attached hydrogen (secondary N) is 3. The summed E-state index contributed by atoms with van der Waals surface area (Å²) in [6, 6.07) is 5.88. The molecule has 2 atom stereocenters. The number of carbonyl (C=O) groups is 1. The van der Waals surface area contributed by atoms with E-state index in [1.807, 2.05) is 25.1 Å². The van der Waals surface area contributed by atoms with Crippen molar-refractivity contribution in [3.05, 3.63) is 29.6 Å². The minimum Gasteiger partial charge on any atom is -0.383 e. The largest absolute Gasteiger partial charge is 0.394 e. The maximum atomic E-state index is 12.6. The normalized spacial score (nSPS) is 18.2. The first-order chi connectivity index (χ1) is 17.0. The van der Waals surface area contributed by atoms with Crippen molar-refractivity contribution < 1.29 is 31.9 Å². The molecule has 1 saturated carbocycles. The van der Waals surface area contributed by atoms with Gasteiger partial charge in [0.15, 0.2) is 0 Å². The Kier molecular flexibility index (Phi) is 11.2. The van der Waals surface area contributed by atoms with Crippen LogP contribution in [0, 0.1) is 6.92 Å². The molecule has 36 heavy (non-hydrogen) atoms.